The molecular weight excluding hydrogens is 230 g/mol. The third-order valence-corrected chi connectivity index (χ3v) is 3.38. The first-order chi connectivity index (χ1) is 7.97. The average molecular weight is 242 g/mol. The fourth-order valence-electron chi connectivity index (χ4n) is 2.58. The lowest BCUT2D eigenvalue weighted by molar-refractivity contribution is -0.143. The van der Waals surface area contributed by atoms with Crippen LogP contribution in [0.5, 0.6) is 5.75 Å². The van der Waals surface area contributed by atoms with Crippen LogP contribution in [0.2, 0.25) is 0 Å². The van der Waals surface area contributed by atoms with Crippen LogP contribution in [0.1, 0.15) is 31.2 Å². The van der Waals surface area contributed by atoms with Crippen molar-refractivity contribution in [1.29, 1.82) is 0 Å². The molecule has 92 valence electrons. The summed E-state index contributed by atoms with van der Waals surface area (Å²) in [4.78, 5) is 11.3. The van der Waals surface area contributed by atoms with E-state index in [0.717, 1.165) is 6.07 Å². The van der Waals surface area contributed by atoms with E-state index in [4.69, 9.17) is 0 Å². The van der Waals surface area contributed by atoms with Crippen molar-refractivity contribution >= 4 is 5.97 Å². The molecule has 1 saturated carbocycles. The van der Waals surface area contributed by atoms with Gasteiger partial charge in [0.05, 0.1) is 5.41 Å². The number of phenols is 1. The maximum absolute atomic E-state index is 13.7. The van der Waals surface area contributed by atoms with E-state index < -0.39 is 28.8 Å². The van der Waals surface area contributed by atoms with Crippen molar-refractivity contribution in [2.24, 2.45) is 0 Å². The summed E-state index contributed by atoms with van der Waals surface area (Å²) < 4.78 is 26.6. The van der Waals surface area contributed by atoms with Gasteiger partial charge in [-0.25, -0.2) is 8.78 Å². The molecule has 0 spiro atoms. The third kappa shape index (κ3) is 1.75. The molecule has 0 saturated heterocycles. The van der Waals surface area contributed by atoms with Gasteiger partial charge in [-0.2, -0.15) is 0 Å². The SMILES string of the molecule is O=C(O)C1(c2c(O)cc(F)cc2F)CCCC1. The summed E-state index contributed by atoms with van der Waals surface area (Å²) in [6.45, 7) is 0. The van der Waals surface area contributed by atoms with E-state index in [1.165, 1.54) is 0 Å². The Bertz CT molecular complexity index is 442. The second-order valence-electron chi connectivity index (χ2n) is 4.38. The van der Waals surface area contributed by atoms with Crippen molar-refractivity contribution in [2.45, 2.75) is 31.1 Å². The summed E-state index contributed by atoms with van der Waals surface area (Å²) in [5.41, 5.74) is -1.70. The van der Waals surface area contributed by atoms with Crippen LogP contribution in [0.15, 0.2) is 12.1 Å². The van der Waals surface area contributed by atoms with E-state index >= 15 is 0 Å². The Morgan fingerprint density at radius 3 is 2.29 bits per heavy atom. The quantitative estimate of drug-likeness (QED) is 0.837. The number of hydrogen-bond acceptors (Lipinski definition) is 2. The summed E-state index contributed by atoms with van der Waals surface area (Å²) in [6, 6.07) is 1.36. The number of halogens is 2. The Morgan fingerprint density at radius 1 is 1.24 bits per heavy atom. The Labute approximate surface area is 96.7 Å². The average Bonchev–Trinajstić information content (AvgIpc) is 2.66. The van der Waals surface area contributed by atoms with Gasteiger partial charge in [0.2, 0.25) is 0 Å². The molecule has 0 atom stereocenters. The molecule has 5 heteroatoms. The fraction of sp³-hybridized carbons (Fsp3) is 0.417. The number of aromatic hydroxyl groups is 1. The first kappa shape index (κ1) is 11.8. The van der Waals surface area contributed by atoms with Crippen LogP contribution in [0.25, 0.3) is 0 Å². The van der Waals surface area contributed by atoms with Gasteiger partial charge in [-0.3, -0.25) is 4.79 Å². The maximum Gasteiger partial charge on any atom is 0.314 e. The third-order valence-electron chi connectivity index (χ3n) is 3.38. The van der Waals surface area contributed by atoms with Gasteiger partial charge in [-0.05, 0) is 12.8 Å². The highest BCUT2D eigenvalue weighted by atomic mass is 19.1. The molecule has 0 amide bonds. The van der Waals surface area contributed by atoms with Crippen molar-refractivity contribution in [3.8, 4) is 5.75 Å². The molecule has 2 rings (SSSR count). The zero-order chi connectivity index (χ0) is 12.6. The summed E-state index contributed by atoms with van der Waals surface area (Å²) in [7, 11) is 0. The normalized spacial score (nSPS) is 18.2. The van der Waals surface area contributed by atoms with Crippen LogP contribution in [-0.2, 0) is 10.2 Å². The number of aliphatic carboxylic acids is 1. The molecule has 0 aliphatic heterocycles. The lowest BCUT2D eigenvalue weighted by Crippen LogP contribution is -2.33. The van der Waals surface area contributed by atoms with Crippen LogP contribution in [0.4, 0.5) is 8.78 Å². The molecule has 0 bridgehead atoms. The molecule has 1 aliphatic carbocycles. The van der Waals surface area contributed by atoms with Gasteiger partial charge in [-0.15, -0.1) is 0 Å². The lowest BCUT2D eigenvalue weighted by Gasteiger charge is -2.25. The van der Waals surface area contributed by atoms with E-state index in [1.807, 2.05) is 0 Å². The van der Waals surface area contributed by atoms with Crippen molar-refractivity contribution in [1.82, 2.24) is 0 Å². The molecular formula is C12H12F2O3. The van der Waals surface area contributed by atoms with E-state index in [2.05, 4.69) is 0 Å². The molecule has 0 unspecified atom stereocenters. The molecule has 1 aromatic rings. The Morgan fingerprint density at radius 2 is 1.82 bits per heavy atom. The summed E-state index contributed by atoms with van der Waals surface area (Å²) >= 11 is 0. The number of carbonyl (C=O) groups is 1. The highest BCUT2D eigenvalue weighted by Crippen LogP contribution is 2.46. The molecule has 1 aliphatic rings. The fourth-order valence-corrected chi connectivity index (χ4v) is 2.58. The Kier molecular flexibility index (Phi) is 2.77. The van der Waals surface area contributed by atoms with Gasteiger partial charge in [0, 0.05) is 17.7 Å². The van der Waals surface area contributed by atoms with Crippen LogP contribution in [0.3, 0.4) is 0 Å². The molecule has 0 radical (unpaired) electrons. The molecule has 0 aromatic heterocycles. The van der Waals surface area contributed by atoms with Gasteiger partial charge < -0.3 is 10.2 Å². The Hall–Kier alpha value is -1.65. The minimum Gasteiger partial charge on any atom is -0.507 e. The van der Waals surface area contributed by atoms with Crippen molar-refractivity contribution in [3.05, 3.63) is 29.3 Å². The van der Waals surface area contributed by atoms with Gasteiger partial charge in [0.25, 0.3) is 0 Å². The highest BCUT2D eigenvalue weighted by Gasteiger charge is 2.46. The lowest BCUT2D eigenvalue weighted by atomic mass is 9.78. The number of carboxylic acid groups (broad SMARTS) is 1. The minimum atomic E-state index is -1.41. The first-order valence-corrected chi connectivity index (χ1v) is 5.39. The van der Waals surface area contributed by atoms with E-state index in [0.29, 0.717) is 18.9 Å². The smallest absolute Gasteiger partial charge is 0.314 e. The zero-order valence-electron chi connectivity index (χ0n) is 9.04. The summed E-state index contributed by atoms with van der Waals surface area (Å²) in [5.74, 6) is -3.70. The second kappa shape index (κ2) is 3.98. The molecule has 17 heavy (non-hydrogen) atoms. The summed E-state index contributed by atoms with van der Waals surface area (Å²) in [6.07, 6.45) is 1.84. The van der Waals surface area contributed by atoms with Crippen LogP contribution < -0.4 is 0 Å². The van der Waals surface area contributed by atoms with E-state index in [-0.39, 0.29) is 18.4 Å². The number of rotatable bonds is 2. The van der Waals surface area contributed by atoms with Gasteiger partial charge >= 0.3 is 5.97 Å². The maximum atomic E-state index is 13.7. The number of hydrogen-bond donors (Lipinski definition) is 2. The van der Waals surface area contributed by atoms with Crippen molar-refractivity contribution in [3.63, 3.8) is 0 Å². The van der Waals surface area contributed by atoms with Gasteiger partial charge in [-0.1, -0.05) is 12.8 Å². The van der Waals surface area contributed by atoms with Crippen LogP contribution >= 0.6 is 0 Å². The van der Waals surface area contributed by atoms with Gasteiger partial charge in [0.1, 0.15) is 17.4 Å². The molecule has 2 N–H and O–H groups in total. The monoisotopic (exact) mass is 242 g/mol. The van der Waals surface area contributed by atoms with Crippen molar-refractivity contribution in [2.75, 3.05) is 0 Å². The Balaban J connectivity index is 2.62. The number of phenolic OH excluding ortho intramolecular Hbond substituents is 1. The molecule has 1 aromatic carbocycles. The topological polar surface area (TPSA) is 57.5 Å². The number of benzene rings is 1. The van der Waals surface area contributed by atoms with Crippen LogP contribution in [0, 0.1) is 11.6 Å². The first-order valence-electron chi connectivity index (χ1n) is 5.39. The predicted molar refractivity (Wildman–Crippen MR) is 55.8 cm³/mol. The van der Waals surface area contributed by atoms with E-state index in [9.17, 15) is 23.8 Å². The largest absolute Gasteiger partial charge is 0.507 e. The standard InChI is InChI=1S/C12H12F2O3/c13-7-5-8(14)10(9(15)6-7)12(11(16)17)3-1-2-4-12/h5-6,15H,1-4H2,(H,16,17). The van der Waals surface area contributed by atoms with Gasteiger partial charge in [0.15, 0.2) is 0 Å². The van der Waals surface area contributed by atoms with E-state index in [1.54, 1.807) is 0 Å². The van der Waals surface area contributed by atoms with Crippen LogP contribution in [-0.4, -0.2) is 16.2 Å². The predicted octanol–water partition coefficient (Wildman–Crippen LogP) is 2.57. The highest BCUT2D eigenvalue weighted by molar-refractivity contribution is 5.83. The number of carboxylic acids is 1. The minimum absolute atomic E-state index is 0.262. The molecule has 3 nitrogen and oxygen atoms in total. The summed E-state index contributed by atoms with van der Waals surface area (Å²) in [5, 5.41) is 18.9. The molecule has 1 fully saturated rings. The zero-order valence-corrected chi connectivity index (χ0v) is 9.04. The van der Waals surface area contributed by atoms with Crippen molar-refractivity contribution < 1.29 is 23.8 Å². The second-order valence-corrected chi connectivity index (χ2v) is 4.38. The molecule has 0 heterocycles.